The average Bonchev–Trinajstić information content (AvgIpc) is 3.10. The second-order valence-corrected chi connectivity index (χ2v) is 10.8. The number of aromatic nitrogens is 1. The maximum absolute atomic E-state index is 12.9. The number of rotatable bonds is 5. The standard InChI is InChI=1S/C20H27N3O3S2/c24-19(13-15-7-3-1-4-8-15)22-20-21-17-10-9-16(14-18(17)27-20)28(25,26)23-11-5-2-6-12-23/h9-10,14-15H,1-8,11-13H2,(H,21,22,24). The van der Waals surface area contributed by atoms with Crippen LogP contribution in [-0.4, -0.2) is 36.7 Å². The molecule has 1 aromatic carbocycles. The first-order chi connectivity index (χ1) is 13.5. The van der Waals surface area contributed by atoms with Gasteiger partial charge in [0.05, 0.1) is 15.1 Å². The maximum atomic E-state index is 12.9. The number of sulfonamides is 1. The number of nitrogens with zero attached hydrogens (tertiary/aromatic N) is 2. The Kier molecular flexibility index (Phi) is 5.99. The third kappa shape index (κ3) is 4.39. The van der Waals surface area contributed by atoms with Crippen molar-refractivity contribution in [2.45, 2.75) is 62.7 Å². The summed E-state index contributed by atoms with van der Waals surface area (Å²) in [4.78, 5) is 17.1. The van der Waals surface area contributed by atoms with Gasteiger partial charge in [-0.3, -0.25) is 4.79 Å². The van der Waals surface area contributed by atoms with Gasteiger partial charge in [0.2, 0.25) is 15.9 Å². The zero-order chi connectivity index (χ0) is 19.6. The van der Waals surface area contributed by atoms with Crippen LogP contribution in [0, 0.1) is 5.92 Å². The van der Waals surface area contributed by atoms with Gasteiger partial charge in [-0.25, -0.2) is 13.4 Å². The summed E-state index contributed by atoms with van der Waals surface area (Å²) >= 11 is 1.34. The maximum Gasteiger partial charge on any atom is 0.243 e. The number of carbonyl (C=O) groups excluding carboxylic acids is 1. The molecule has 152 valence electrons. The first-order valence-electron chi connectivity index (χ1n) is 10.2. The Labute approximate surface area is 170 Å². The van der Waals surface area contributed by atoms with Crippen LogP contribution in [0.15, 0.2) is 23.1 Å². The Morgan fingerprint density at radius 1 is 1.11 bits per heavy atom. The minimum atomic E-state index is -3.46. The molecular weight excluding hydrogens is 394 g/mol. The van der Waals surface area contributed by atoms with Crippen molar-refractivity contribution in [2.75, 3.05) is 18.4 Å². The number of piperidine rings is 1. The van der Waals surface area contributed by atoms with Crippen molar-refractivity contribution in [1.82, 2.24) is 9.29 Å². The Bertz CT molecular complexity index is 943. The molecule has 1 aliphatic carbocycles. The van der Waals surface area contributed by atoms with Gasteiger partial charge in [-0.05, 0) is 49.8 Å². The van der Waals surface area contributed by atoms with E-state index >= 15 is 0 Å². The van der Waals surface area contributed by atoms with Crippen LogP contribution in [0.4, 0.5) is 5.13 Å². The Hall–Kier alpha value is -1.51. The lowest BCUT2D eigenvalue weighted by Gasteiger charge is -2.25. The summed E-state index contributed by atoms with van der Waals surface area (Å²) in [6.45, 7) is 1.18. The van der Waals surface area contributed by atoms with Gasteiger partial charge in [0.1, 0.15) is 0 Å². The zero-order valence-corrected chi connectivity index (χ0v) is 17.7. The minimum absolute atomic E-state index is 0.00659. The molecule has 1 N–H and O–H groups in total. The molecule has 4 rings (SSSR count). The van der Waals surface area contributed by atoms with E-state index in [0.29, 0.717) is 35.5 Å². The normalized spacial score (nSPS) is 19.7. The van der Waals surface area contributed by atoms with Crippen LogP contribution in [0.5, 0.6) is 0 Å². The molecule has 2 aromatic rings. The third-order valence-corrected chi connectivity index (χ3v) is 8.59. The highest BCUT2D eigenvalue weighted by atomic mass is 32.2. The van der Waals surface area contributed by atoms with Gasteiger partial charge in [0, 0.05) is 19.5 Å². The quantitative estimate of drug-likeness (QED) is 0.777. The lowest BCUT2D eigenvalue weighted by Crippen LogP contribution is -2.35. The fourth-order valence-corrected chi connectivity index (χ4v) is 6.74. The molecule has 1 aromatic heterocycles. The van der Waals surface area contributed by atoms with Crippen LogP contribution < -0.4 is 5.32 Å². The van der Waals surface area contributed by atoms with Gasteiger partial charge in [0.25, 0.3) is 0 Å². The SMILES string of the molecule is O=C(CC1CCCCC1)Nc1nc2ccc(S(=O)(=O)N3CCCCC3)cc2s1. The van der Waals surface area contributed by atoms with E-state index in [1.807, 2.05) is 0 Å². The molecule has 0 atom stereocenters. The number of fused-ring (bicyclic) bond motifs is 1. The van der Waals surface area contributed by atoms with Gasteiger partial charge in [0.15, 0.2) is 5.13 Å². The summed E-state index contributed by atoms with van der Waals surface area (Å²) in [6.07, 6.45) is 9.43. The third-order valence-electron chi connectivity index (χ3n) is 5.76. The highest BCUT2D eigenvalue weighted by Gasteiger charge is 2.26. The molecule has 8 heteroatoms. The molecule has 2 fully saturated rings. The van der Waals surface area contributed by atoms with Crippen molar-refractivity contribution in [3.63, 3.8) is 0 Å². The van der Waals surface area contributed by atoms with Crippen molar-refractivity contribution in [1.29, 1.82) is 0 Å². The summed E-state index contributed by atoms with van der Waals surface area (Å²) in [5, 5.41) is 3.45. The summed E-state index contributed by atoms with van der Waals surface area (Å²) < 4.78 is 28.1. The van der Waals surface area contributed by atoms with E-state index in [2.05, 4.69) is 10.3 Å². The van der Waals surface area contributed by atoms with Crippen LogP contribution in [0.25, 0.3) is 10.2 Å². The fraction of sp³-hybridized carbons (Fsp3) is 0.600. The van der Waals surface area contributed by atoms with Crippen molar-refractivity contribution in [3.8, 4) is 0 Å². The molecule has 0 unspecified atom stereocenters. The van der Waals surface area contributed by atoms with Crippen LogP contribution in [0.3, 0.4) is 0 Å². The smallest absolute Gasteiger partial charge is 0.243 e. The second-order valence-electron chi connectivity index (χ2n) is 7.87. The largest absolute Gasteiger partial charge is 0.302 e. The molecule has 1 saturated heterocycles. The minimum Gasteiger partial charge on any atom is -0.302 e. The number of carbonyl (C=O) groups is 1. The first-order valence-corrected chi connectivity index (χ1v) is 12.5. The van der Waals surface area contributed by atoms with Gasteiger partial charge in [-0.15, -0.1) is 0 Å². The van der Waals surface area contributed by atoms with E-state index in [-0.39, 0.29) is 5.91 Å². The summed E-state index contributed by atoms with van der Waals surface area (Å²) in [5.41, 5.74) is 0.718. The Balaban J connectivity index is 1.47. The number of amides is 1. The average molecular weight is 422 g/mol. The van der Waals surface area contributed by atoms with E-state index in [9.17, 15) is 13.2 Å². The second kappa shape index (κ2) is 8.47. The van der Waals surface area contributed by atoms with E-state index < -0.39 is 10.0 Å². The van der Waals surface area contributed by atoms with Gasteiger partial charge < -0.3 is 5.32 Å². The van der Waals surface area contributed by atoms with Crippen LogP contribution in [0.2, 0.25) is 0 Å². The molecule has 0 bridgehead atoms. The number of hydrogen-bond donors (Lipinski definition) is 1. The van der Waals surface area contributed by atoms with E-state index in [4.69, 9.17) is 0 Å². The molecule has 1 saturated carbocycles. The van der Waals surface area contributed by atoms with E-state index in [0.717, 1.165) is 42.3 Å². The topological polar surface area (TPSA) is 79.4 Å². The van der Waals surface area contributed by atoms with Crippen molar-refractivity contribution in [3.05, 3.63) is 18.2 Å². The van der Waals surface area contributed by atoms with Crippen LogP contribution in [-0.2, 0) is 14.8 Å². The van der Waals surface area contributed by atoms with Crippen molar-refractivity contribution < 1.29 is 13.2 Å². The lowest BCUT2D eigenvalue weighted by atomic mass is 9.87. The summed E-state index contributed by atoms with van der Waals surface area (Å²) in [6, 6.07) is 5.05. The molecule has 0 spiro atoms. The predicted molar refractivity (Wildman–Crippen MR) is 112 cm³/mol. The molecule has 28 heavy (non-hydrogen) atoms. The highest BCUT2D eigenvalue weighted by Crippen LogP contribution is 2.31. The molecule has 0 radical (unpaired) electrons. The molecule has 1 aliphatic heterocycles. The van der Waals surface area contributed by atoms with Gasteiger partial charge in [-0.1, -0.05) is 37.0 Å². The lowest BCUT2D eigenvalue weighted by molar-refractivity contribution is -0.117. The molecular formula is C20H27N3O3S2. The monoisotopic (exact) mass is 421 g/mol. The van der Waals surface area contributed by atoms with E-state index in [1.165, 1.54) is 30.6 Å². The van der Waals surface area contributed by atoms with Gasteiger partial charge >= 0.3 is 0 Å². The fourth-order valence-electron chi connectivity index (χ4n) is 4.20. The predicted octanol–water partition coefficient (Wildman–Crippen LogP) is 4.38. The Morgan fingerprint density at radius 3 is 2.57 bits per heavy atom. The van der Waals surface area contributed by atoms with Crippen molar-refractivity contribution in [2.24, 2.45) is 5.92 Å². The molecule has 6 nitrogen and oxygen atoms in total. The number of benzene rings is 1. The number of hydrogen-bond acceptors (Lipinski definition) is 5. The van der Waals surface area contributed by atoms with Crippen molar-refractivity contribution >= 4 is 42.6 Å². The number of nitrogens with one attached hydrogen (secondary N) is 1. The molecule has 2 heterocycles. The molecule has 1 amide bonds. The first kappa shape index (κ1) is 19.8. The van der Waals surface area contributed by atoms with Crippen LogP contribution >= 0.6 is 11.3 Å². The summed E-state index contributed by atoms with van der Waals surface area (Å²) in [7, 11) is -3.46. The summed E-state index contributed by atoms with van der Waals surface area (Å²) in [5.74, 6) is 0.483. The van der Waals surface area contributed by atoms with Crippen LogP contribution in [0.1, 0.15) is 57.8 Å². The molecule has 2 aliphatic rings. The Morgan fingerprint density at radius 2 is 1.82 bits per heavy atom. The highest BCUT2D eigenvalue weighted by molar-refractivity contribution is 7.89. The number of thiazole rings is 1. The van der Waals surface area contributed by atoms with Gasteiger partial charge in [-0.2, -0.15) is 4.31 Å². The number of anilines is 1. The van der Waals surface area contributed by atoms with E-state index in [1.54, 1.807) is 22.5 Å². The zero-order valence-electron chi connectivity index (χ0n) is 16.0.